The first kappa shape index (κ1) is 13.1. The Morgan fingerprint density at radius 2 is 2.20 bits per heavy atom. The van der Waals surface area contributed by atoms with Crippen molar-refractivity contribution in [2.75, 3.05) is 12.4 Å². The Kier molecular flexibility index (Phi) is 3.71. The lowest BCUT2D eigenvalue weighted by Crippen LogP contribution is -2.06. The molecule has 3 aromatic rings. The maximum atomic E-state index is 5.23. The number of methoxy groups -OCH3 is 1. The minimum atomic E-state index is 0.614. The number of hydrogen-bond acceptors (Lipinski definition) is 4. The van der Waals surface area contributed by atoms with Crippen LogP contribution in [0, 0.1) is 6.92 Å². The van der Waals surface area contributed by atoms with Crippen LogP contribution in [0.3, 0.4) is 0 Å². The van der Waals surface area contributed by atoms with Crippen LogP contribution >= 0.6 is 11.3 Å². The van der Waals surface area contributed by atoms with Crippen molar-refractivity contribution in [3.05, 3.63) is 52.8 Å². The third-order valence-corrected chi connectivity index (χ3v) is 4.08. The number of para-hydroxylation sites is 1. The van der Waals surface area contributed by atoms with E-state index in [2.05, 4.69) is 45.3 Å². The van der Waals surface area contributed by atoms with Crippen LogP contribution in [-0.2, 0) is 17.9 Å². The fourth-order valence-electron chi connectivity index (χ4n) is 2.31. The quantitative estimate of drug-likeness (QED) is 0.781. The van der Waals surface area contributed by atoms with Crippen LogP contribution in [0.15, 0.2) is 35.8 Å². The minimum Gasteiger partial charge on any atom is -0.380 e. The van der Waals surface area contributed by atoms with Crippen molar-refractivity contribution >= 4 is 22.0 Å². The molecule has 1 aromatic carbocycles. The molecule has 0 aliphatic heterocycles. The molecule has 4 nitrogen and oxygen atoms in total. The summed E-state index contributed by atoms with van der Waals surface area (Å²) in [5, 5.41) is 5.55. The minimum absolute atomic E-state index is 0.614. The molecule has 0 amide bonds. The van der Waals surface area contributed by atoms with Crippen LogP contribution in [-0.4, -0.2) is 16.5 Å². The van der Waals surface area contributed by atoms with Crippen LogP contribution < -0.4 is 5.32 Å². The average Bonchev–Trinajstić information content (AvgIpc) is 2.99. The lowest BCUT2D eigenvalue weighted by molar-refractivity contribution is 0.185. The van der Waals surface area contributed by atoms with Crippen LogP contribution in [0.2, 0.25) is 0 Å². The van der Waals surface area contributed by atoms with E-state index in [4.69, 9.17) is 4.74 Å². The smallest absolute Gasteiger partial charge is 0.194 e. The predicted octanol–water partition coefficient (Wildman–Crippen LogP) is 3.46. The molecular weight excluding hydrogens is 270 g/mol. The van der Waals surface area contributed by atoms with Crippen molar-refractivity contribution in [1.82, 2.24) is 9.38 Å². The van der Waals surface area contributed by atoms with E-state index in [9.17, 15) is 0 Å². The molecule has 0 unspecified atom stereocenters. The summed E-state index contributed by atoms with van der Waals surface area (Å²) < 4.78 is 7.38. The van der Waals surface area contributed by atoms with Gasteiger partial charge in [-0.1, -0.05) is 18.2 Å². The van der Waals surface area contributed by atoms with Crippen molar-refractivity contribution in [2.24, 2.45) is 0 Å². The standard InChI is InChI=1S/C15H17N3OS/c1-11-14(18-7-8-20-15(18)17-11)9-16-13-6-4-3-5-12(13)10-19-2/h3-8,16H,9-10H2,1-2H3. The molecule has 0 atom stereocenters. The van der Waals surface area contributed by atoms with E-state index in [1.165, 1.54) is 11.3 Å². The summed E-state index contributed by atoms with van der Waals surface area (Å²) in [5.74, 6) is 0. The Hall–Kier alpha value is -1.85. The zero-order chi connectivity index (χ0) is 13.9. The van der Waals surface area contributed by atoms with Gasteiger partial charge in [0, 0.05) is 29.9 Å². The second kappa shape index (κ2) is 5.64. The molecule has 0 bridgehead atoms. The van der Waals surface area contributed by atoms with Crippen molar-refractivity contribution in [2.45, 2.75) is 20.1 Å². The summed E-state index contributed by atoms with van der Waals surface area (Å²) in [4.78, 5) is 5.61. The third kappa shape index (κ3) is 2.42. The number of nitrogens with one attached hydrogen (secondary N) is 1. The lowest BCUT2D eigenvalue weighted by Gasteiger charge is -2.11. The molecule has 0 spiro atoms. The third-order valence-electron chi connectivity index (χ3n) is 3.32. The average molecular weight is 287 g/mol. The number of nitrogens with zero attached hydrogens (tertiary/aromatic N) is 2. The van der Waals surface area contributed by atoms with Gasteiger partial charge >= 0.3 is 0 Å². The van der Waals surface area contributed by atoms with Crippen molar-refractivity contribution < 1.29 is 4.74 Å². The van der Waals surface area contributed by atoms with Gasteiger partial charge in [0.25, 0.3) is 0 Å². The molecule has 5 heteroatoms. The fourth-order valence-corrected chi connectivity index (χ4v) is 3.09. The largest absolute Gasteiger partial charge is 0.380 e. The number of imidazole rings is 1. The molecule has 0 radical (unpaired) electrons. The zero-order valence-electron chi connectivity index (χ0n) is 11.6. The van der Waals surface area contributed by atoms with Gasteiger partial charge in [-0.25, -0.2) is 4.98 Å². The first-order valence-corrected chi connectivity index (χ1v) is 7.39. The maximum Gasteiger partial charge on any atom is 0.194 e. The van der Waals surface area contributed by atoms with Gasteiger partial charge in [0.15, 0.2) is 4.96 Å². The van der Waals surface area contributed by atoms with Crippen LogP contribution in [0.1, 0.15) is 17.0 Å². The molecule has 2 heterocycles. The monoisotopic (exact) mass is 287 g/mol. The number of fused-ring (bicyclic) bond motifs is 1. The van der Waals surface area contributed by atoms with Gasteiger partial charge in [-0.05, 0) is 13.0 Å². The Labute approximate surface area is 122 Å². The molecule has 2 aromatic heterocycles. The molecular formula is C15H17N3OS. The number of aryl methyl sites for hydroxylation is 1. The normalized spacial score (nSPS) is 11.1. The highest BCUT2D eigenvalue weighted by atomic mass is 32.1. The van der Waals surface area contributed by atoms with Crippen LogP contribution in [0.25, 0.3) is 4.96 Å². The summed E-state index contributed by atoms with van der Waals surface area (Å²) in [5.41, 5.74) is 4.56. The Balaban J connectivity index is 1.83. The highest BCUT2D eigenvalue weighted by Gasteiger charge is 2.09. The highest BCUT2D eigenvalue weighted by Crippen LogP contribution is 2.20. The number of rotatable bonds is 5. The molecule has 20 heavy (non-hydrogen) atoms. The predicted molar refractivity (Wildman–Crippen MR) is 82.3 cm³/mol. The number of ether oxygens (including phenoxy) is 1. The number of hydrogen-bond donors (Lipinski definition) is 1. The van der Waals surface area contributed by atoms with Crippen molar-refractivity contribution in [3.63, 3.8) is 0 Å². The zero-order valence-corrected chi connectivity index (χ0v) is 12.4. The molecule has 104 valence electrons. The summed E-state index contributed by atoms with van der Waals surface area (Å²) in [7, 11) is 1.72. The molecule has 0 aliphatic rings. The van der Waals surface area contributed by atoms with Gasteiger partial charge in [-0.2, -0.15) is 0 Å². The SMILES string of the molecule is COCc1ccccc1NCc1c(C)nc2sccn12. The molecule has 0 saturated carbocycles. The summed E-state index contributed by atoms with van der Waals surface area (Å²) >= 11 is 1.66. The van der Waals surface area contributed by atoms with Crippen molar-refractivity contribution in [3.8, 4) is 0 Å². The van der Waals surface area contributed by atoms with Gasteiger partial charge in [-0.15, -0.1) is 11.3 Å². The van der Waals surface area contributed by atoms with E-state index in [1.807, 2.05) is 12.1 Å². The number of thiazole rings is 1. The number of anilines is 1. The highest BCUT2D eigenvalue weighted by molar-refractivity contribution is 7.15. The second-order valence-electron chi connectivity index (χ2n) is 4.64. The maximum absolute atomic E-state index is 5.23. The van der Waals surface area contributed by atoms with Gasteiger partial charge in [-0.3, -0.25) is 4.40 Å². The van der Waals surface area contributed by atoms with E-state index in [0.29, 0.717) is 6.61 Å². The second-order valence-corrected chi connectivity index (χ2v) is 5.52. The molecule has 1 N–H and O–H groups in total. The number of aromatic nitrogens is 2. The summed E-state index contributed by atoms with van der Waals surface area (Å²) in [6.45, 7) is 3.42. The Morgan fingerprint density at radius 1 is 1.35 bits per heavy atom. The van der Waals surface area contributed by atoms with E-state index < -0.39 is 0 Å². The van der Waals surface area contributed by atoms with Crippen molar-refractivity contribution in [1.29, 1.82) is 0 Å². The molecule has 0 aliphatic carbocycles. The first-order chi connectivity index (χ1) is 9.79. The molecule has 0 saturated heterocycles. The first-order valence-electron chi connectivity index (χ1n) is 6.51. The molecule has 0 fully saturated rings. The number of benzene rings is 1. The summed E-state index contributed by atoms with van der Waals surface area (Å²) in [6.07, 6.45) is 2.07. The van der Waals surface area contributed by atoms with Gasteiger partial charge in [0.1, 0.15) is 0 Å². The topological polar surface area (TPSA) is 38.6 Å². The summed E-state index contributed by atoms with van der Waals surface area (Å²) in [6, 6.07) is 8.22. The Bertz CT molecular complexity index is 717. The molecule has 3 rings (SSSR count). The fraction of sp³-hybridized carbons (Fsp3) is 0.267. The van der Waals surface area contributed by atoms with Crippen LogP contribution in [0.4, 0.5) is 5.69 Å². The Morgan fingerprint density at radius 3 is 3.05 bits per heavy atom. The van der Waals surface area contributed by atoms with E-state index in [-0.39, 0.29) is 0 Å². The van der Waals surface area contributed by atoms with E-state index in [1.54, 1.807) is 18.4 Å². The lowest BCUT2D eigenvalue weighted by atomic mass is 10.2. The van der Waals surface area contributed by atoms with E-state index in [0.717, 1.165) is 22.9 Å². The van der Waals surface area contributed by atoms with Crippen LogP contribution in [0.5, 0.6) is 0 Å². The van der Waals surface area contributed by atoms with Gasteiger partial charge in [0.05, 0.1) is 24.5 Å². The van der Waals surface area contributed by atoms with Gasteiger partial charge in [0.2, 0.25) is 0 Å². The van der Waals surface area contributed by atoms with Gasteiger partial charge < -0.3 is 10.1 Å². The van der Waals surface area contributed by atoms with E-state index >= 15 is 0 Å².